The van der Waals surface area contributed by atoms with Gasteiger partial charge in [0.15, 0.2) is 11.5 Å². The molecule has 0 unspecified atom stereocenters. The molecule has 0 spiro atoms. The molecule has 0 bridgehead atoms. The number of aromatic hydroxyl groups is 1. The summed E-state index contributed by atoms with van der Waals surface area (Å²) >= 11 is 0. The van der Waals surface area contributed by atoms with Gasteiger partial charge in [-0.2, -0.15) is 0 Å². The van der Waals surface area contributed by atoms with Crippen LogP contribution in [0.1, 0.15) is 42.0 Å². The molecule has 1 N–H and O–H groups in total. The molecule has 0 heterocycles. The van der Waals surface area contributed by atoms with Crippen molar-refractivity contribution in [2.45, 2.75) is 33.1 Å². The highest BCUT2D eigenvalue weighted by molar-refractivity contribution is 5.75. The SMILES string of the molecule is C=CCc1ccc(Oc2ccccc2C=CC=O)c(OC)c1.Cc1ccc(C(C)C)c(O)c1. The Balaban J connectivity index is 0.000000294. The summed E-state index contributed by atoms with van der Waals surface area (Å²) < 4.78 is 11.3. The highest BCUT2D eigenvalue weighted by Gasteiger charge is 2.09. The normalized spacial score (nSPS) is 10.5. The number of hydrogen-bond acceptors (Lipinski definition) is 4. The van der Waals surface area contributed by atoms with Gasteiger partial charge in [-0.15, -0.1) is 6.58 Å². The number of ether oxygens (including phenoxy) is 2. The number of carbonyl (C=O) groups excluding carboxylic acids is 1. The standard InChI is InChI=1S/C19H18O3.C10H14O/c1-3-7-15-11-12-18(19(14-15)21-2)22-17-10-5-4-8-16(17)9-6-13-20;1-7(2)9-5-4-8(3)6-10(9)11/h3-6,8-14H,1,7H2,2H3;4-7,11H,1-3H3. The number of aldehydes is 1. The lowest BCUT2D eigenvalue weighted by Crippen LogP contribution is -1.93. The number of benzene rings is 3. The van der Waals surface area contributed by atoms with Gasteiger partial charge < -0.3 is 14.6 Å². The highest BCUT2D eigenvalue weighted by Crippen LogP contribution is 2.34. The van der Waals surface area contributed by atoms with Crippen LogP contribution in [-0.2, 0) is 11.2 Å². The highest BCUT2D eigenvalue weighted by atomic mass is 16.5. The van der Waals surface area contributed by atoms with Crippen LogP contribution in [0.15, 0.2) is 79.4 Å². The van der Waals surface area contributed by atoms with Gasteiger partial charge in [0.1, 0.15) is 17.8 Å². The first-order chi connectivity index (χ1) is 15.9. The molecule has 0 aliphatic heterocycles. The number of hydrogen-bond donors (Lipinski definition) is 1. The minimum absolute atomic E-state index is 0.399. The Morgan fingerprint density at radius 1 is 1.00 bits per heavy atom. The topological polar surface area (TPSA) is 55.8 Å². The van der Waals surface area contributed by atoms with Crippen LogP contribution < -0.4 is 9.47 Å². The van der Waals surface area contributed by atoms with Crippen molar-refractivity contribution >= 4 is 12.4 Å². The number of carbonyl (C=O) groups is 1. The van der Waals surface area contributed by atoms with Crippen LogP contribution in [0.5, 0.6) is 23.0 Å². The summed E-state index contributed by atoms with van der Waals surface area (Å²) in [5.74, 6) is 2.77. The minimum Gasteiger partial charge on any atom is -0.508 e. The molecule has 0 saturated heterocycles. The maximum absolute atomic E-state index is 10.5. The van der Waals surface area contributed by atoms with E-state index in [0.717, 1.165) is 35.0 Å². The summed E-state index contributed by atoms with van der Waals surface area (Å²) in [5, 5.41) is 9.46. The zero-order valence-electron chi connectivity index (χ0n) is 19.7. The second-order valence-electron chi connectivity index (χ2n) is 7.83. The third-order valence-corrected chi connectivity index (χ3v) is 4.91. The second kappa shape index (κ2) is 12.9. The average molecular weight is 445 g/mol. The van der Waals surface area contributed by atoms with E-state index in [4.69, 9.17) is 9.47 Å². The number of phenolic OH excluding ortho intramolecular Hbond substituents is 1. The lowest BCUT2D eigenvalue weighted by atomic mass is 10.0. The Morgan fingerprint density at radius 3 is 2.39 bits per heavy atom. The van der Waals surface area contributed by atoms with Gasteiger partial charge in [0.25, 0.3) is 0 Å². The van der Waals surface area contributed by atoms with Gasteiger partial charge in [0.2, 0.25) is 0 Å². The molecular formula is C29H32O4. The number of allylic oxidation sites excluding steroid dienone is 2. The van der Waals surface area contributed by atoms with Crippen LogP contribution in [0.3, 0.4) is 0 Å². The molecule has 0 amide bonds. The first-order valence-corrected chi connectivity index (χ1v) is 10.9. The van der Waals surface area contributed by atoms with Crippen molar-refractivity contribution in [3.63, 3.8) is 0 Å². The van der Waals surface area contributed by atoms with E-state index < -0.39 is 0 Å². The van der Waals surface area contributed by atoms with Crippen molar-refractivity contribution in [2.75, 3.05) is 7.11 Å². The fraction of sp³-hybridized carbons (Fsp3) is 0.207. The van der Waals surface area contributed by atoms with Crippen molar-refractivity contribution < 1.29 is 19.4 Å². The smallest absolute Gasteiger partial charge is 0.169 e. The quantitative estimate of drug-likeness (QED) is 0.226. The molecule has 0 aliphatic rings. The third-order valence-electron chi connectivity index (χ3n) is 4.91. The average Bonchev–Trinajstić information content (AvgIpc) is 2.79. The van der Waals surface area contributed by atoms with Crippen LogP contribution in [0.25, 0.3) is 6.08 Å². The number of phenols is 1. The number of rotatable bonds is 8. The van der Waals surface area contributed by atoms with E-state index in [1.165, 1.54) is 6.08 Å². The Hall–Kier alpha value is -3.79. The van der Waals surface area contributed by atoms with Gasteiger partial charge in [-0.3, -0.25) is 4.79 Å². The minimum atomic E-state index is 0.399. The molecule has 3 aromatic carbocycles. The van der Waals surface area contributed by atoms with Crippen LogP contribution in [0.2, 0.25) is 0 Å². The molecule has 4 nitrogen and oxygen atoms in total. The van der Waals surface area contributed by atoms with Gasteiger partial charge >= 0.3 is 0 Å². The van der Waals surface area contributed by atoms with Crippen LogP contribution in [0, 0.1) is 6.92 Å². The summed E-state index contributed by atoms with van der Waals surface area (Å²) in [7, 11) is 1.61. The monoisotopic (exact) mass is 444 g/mol. The number of methoxy groups -OCH3 is 1. The number of para-hydroxylation sites is 1. The summed E-state index contributed by atoms with van der Waals surface area (Å²) in [4.78, 5) is 10.5. The molecule has 172 valence electrons. The fourth-order valence-corrected chi connectivity index (χ4v) is 3.20. The van der Waals surface area contributed by atoms with E-state index >= 15 is 0 Å². The molecule has 0 aromatic heterocycles. The zero-order valence-corrected chi connectivity index (χ0v) is 19.7. The van der Waals surface area contributed by atoms with E-state index in [-0.39, 0.29) is 0 Å². The molecule has 0 atom stereocenters. The third kappa shape index (κ3) is 7.69. The van der Waals surface area contributed by atoms with Crippen LogP contribution >= 0.6 is 0 Å². The fourth-order valence-electron chi connectivity index (χ4n) is 3.20. The van der Waals surface area contributed by atoms with Gasteiger partial charge in [-0.1, -0.05) is 56.3 Å². The van der Waals surface area contributed by atoms with Gasteiger partial charge in [0, 0.05) is 5.56 Å². The molecule has 0 aliphatic carbocycles. The lowest BCUT2D eigenvalue weighted by molar-refractivity contribution is -0.104. The van der Waals surface area contributed by atoms with Gasteiger partial charge in [0.05, 0.1) is 7.11 Å². The summed E-state index contributed by atoms with van der Waals surface area (Å²) in [6.45, 7) is 9.86. The second-order valence-corrected chi connectivity index (χ2v) is 7.83. The van der Waals surface area contributed by atoms with Crippen molar-refractivity contribution in [1.29, 1.82) is 0 Å². The Morgan fingerprint density at radius 2 is 1.76 bits per heavy atom. The van der Waals surface area contributed by atoms with E-state index in [9.17, 15) is 9.90 Å². The summed E-state index contributed by atoms with van der Waals surface area (Å²) in [6.07, 6.45) is 6.50. The zero-order chi connectivity index (χ0) is 24.2. The molecular weight excluding hydrogens is 412 g/mol. The van der Waals surface area contributed by atoms with E-state index in [1.54, 1.807) is 19.3 Å². The van der Waals surface area contributed by atoms with Crippen molar-refractivity contribution in [3.8, 4) is 23.0 Å². The van der Waals surface area contributed by atoms with Crippen LogP contribution in [0.4, 0.5) is 0 Å². The largest absolute Gasteiger partial charge is 0.508 e. The first kappa shape index (κ1) is 25.5. The summed E-state index contributed by atoms with van der Waals surface area (Å²) in [6, 6.07) is 19.1. The lowest BCUT2D eigenvalue weighted by Gasteiger charge is -2.13. The van der Waals surface area contributed by atoms with Crippen molar-refractivity contribution in [2.24, 2.45) is 0 Å². The maximum atomic E-state index is 10.5. The molecule has 4 heteroatoms. The molecule has 0 fully saturated rings. The van der Waals surface area contributed by atoms with Gasteiger partial charge in [-0.25, -0.2) is 0 Å². The van der Waals surface area contributed by atoms with Crippen molar-refractivity contribution in [1.82, 2.24) is 0 Å². The molecule has 0 radical (unpaired) electrons. The summed E-state index contributed by atoms with van der Waals surface area (Å²) in [5.41, 5.74) is 4.06. The molecule has 3 rings (SSSR count). The predicted molar refractivity (Wildman–Crippen MR) is 135 cm³/mol. The Kier molecular flexibility index (Phi) is 9.97. The number of aryl methyl sites for hydroxylation is 1. The first-order valence-electron chi connectivity index (χ1n) is 10.9. The van der Waals surface area contributed by atoms with E-state index in [1.807, 2.05) is 67.6 Å². The van der Waals surface area contributed by atoms with Crippen LogP contribution in [-0.4, -0.2) is 18.5 Å². The Bertz CT molecular complexity index is 1100. The Labute approximate surface area is 196 Å². The molecule has 0 saturated carbocycles. The van der Waals surface area contributed by atoms with Crippen molar-refractivity contribution in [3.05, 3.63) is 102 Å². The molecule has 33 heavy (non-hydrogen) atoms. The predicted octanol–water partition coefficient (Wildman–Crippen LogP) is 7.25. The van der Waals surface area contributed by atoms with E-state index in [0.29, 0.717) is 28.9 Å². The molecule has 3 aromatic rings. The van der Waals surface area contributed by atoms with Gasteiger partial charge in [-0.05, 0) is 72.4 Å². The maximum Gasteiger partial charge on any atom is 0.169 e. The van der Waals surface area contributed by atoms with E-state index in [2.05, 4.69) is 20.4 Å².